The van der Waals surface area contributed by atoms with Crippen molar-refractivity contribution < 1.29 is 13.2 Å². The van der Waals surface area contributed by atoms with E-state index >= 15 is 0 Å². The zero-order chi connectivity index (χ0) is 8.04. The third kappa shape index (κ3) is 7.52. The fraction of sp³-hybridized carbons (Fsp3) is 0.200. The first-order valence-corrected chi connectivity index (χ1v) is 4.77. The van der Waals surface area contributed by atoms with Crippen LogP contribution in [0.2, 0.25) is 0 Å². The third-order valence-electron chi connectivity index (χ3n) is 0.569. The second kappa shape index (κ2) is 4.35. The van der Waals surface area contributed by atoms with E-state index in [1.165, 1.54) is 12.3 Å². The van der Waals surface area contributed by atoms with Gasteiger partial charge in [0.15, 0.2) is 0 Å². The Labute approximate surface area is 64.4 Å². The Kier molecular flexibility index (Phi) is 4.14. The lowest BCUT2D eigenvalue weighted by Gasteiger charge is -1.89. The summed E-state index contributed by atoms with van der Waals surface area (Å²) in [5.41, 5.74) is 0. The predicted molar refractivity (Wildman–Crippen MR) is 40.1 cm³/mol. The van der Waals surface area contributed by atoms with Crippen molar-refractivity contribution in [2.24, 2.45) is 0 Å². The summed E-state index contributed by atoms with van der Waals surface area (Å²) >= 11 is 0. The molecule has 0 saturated carbocycles. The van der Waals surface area contributed by atoms with Gasteiger partial charge in [0.25, 0.3) is 9.05 Å². The molecule has 0 aromatic carbocycles. The second-order valence-corrected chi connectivity index (χ2v) is 3.86. The minimum absolute atomic E-state index is 0.162. The van der Waals surface area contributed by atoms with Crippen molar-refractivity contribution in [3.8, 4) is 0 Å². The normalized spacial score (nSPS) is 11.7. The van der Waals surface area contributed by atoms with E-state index in [0.29, 0.717) is 0 Å². The molecule has 0 radical (unpaired) electrons. The van der Waals surface area contributed by atoms with Gasteiger partial charge in [-0.15, -0.1) is 0 Å². The van der Waals surface area contributed by atoms with Crippen molar-refractivity contribution in [2.45, 2.75) is 0 Å². The van der Waals surface area contributed by atoms with Crippen LogP contribution in [0.5, 0.6) is 0 Å². The highest BCUT2D eigenvalue weighted by Gasteiger charge is 1.93. The third-order valence-corrected chi connectivity index (χ3v) is 1.40. The van der Waals surface area contributed by atoms with Crippen molar-refractivity contribution >= 4 is 19.7 Å². The fourth-order valence-corrected chi connectivity index (χ4v) is 0.804. The van der Waals surface area contributed by atoms with Gasteiger partial charge < -0.3 is 4.74 Å². The minimum atomic E-state index is -3.53. The average molecular weight is 183 g/mol. The van der Waals surface area contributed by atoms with Crippen LogP contribution >= 0.6 is 10.7 Å². The molecule has 0 unspecified atom stereocenters. The van der Waals surface area contributed by atoms with Gasteiger partial charge in [0.05, 0.1) is 6.26 Å². The maximum Gasteiger partial charge on any atom is 0.254 e. The van der Waals surface area contributed by atoms with Crippen molar-refractivity contribution in [1.29, 1.82) is 0 Å². The minimum Gasteiger partial charge on any atom is -0.498 e. The Hall–Kier alpha value is -0.480. The van der Waals surface area contributed by atoms with Gasteiger partial charge in [0, 0.05) is 16.1 Å². The van der Waals surface area contributed by atoms with Gasteiger partial charge in [-0.3, -0.25) is 0 Å². The molecular formula is C5H7ClO3S. The molecule has 0 fully saturated rings. The highest BCUT2D eigenvalue weighted by molar-refractivity contribution is 8.16. The molecule has 0 amide bonds. The van der Waals surface area contributed by atoms with Crippen LogP contribution in [0.25, 0.3) is 0 Å². The maximum absolute atomic E-state index is 10.2. The predicted octanol–water partition coefficient (Wildman–Crippen LogP) is 1.23. The molecule has 0 bridgehead atoms. The maximum atomic E-state index is 10.2. The first-order chi connectivity index (χ1) is 4.56. The monoisotopic (exact) mass is 182 g/mol. The molecule has 3 nitrogen and oxygen atoms in total. The summed E-state index contributed by atoms with van der Waals surface area (Å²) in [6, 6.07) is 0. The van der Waals surface area contributed by atoms with Gasteiger partial charge >= 0.3 is 0 Å². The number of hydrogen-bond donors (Lipinski definition) is 0. The molecular weight excluding hydrogens is 176 g/mol. The Bertz CT molecular complexity index is 217. The highest BCUT2D eigenvalue weighted by Crippen LogP contribution is 1.96. The van der Waals surface area contributed by atoms with Gasteiger partial charge in [-0.05, 0) is 6.08 Å². The summed E-state index contributed by atoms with van der Waals surface area (Å²) < 4.78 is 25.0. The van der Waals surface area contributed by atoms with E-state index < -0.39 is 9.05 Å². The lowest BCUT2D eigenvalue weighted by molar-refractivity contribution is 0.291. The number of rotatable bonds is 4. The molecule has 0 N–H and O–H groups in total. The fourth-order valence-electron chi connectivity index (χ4n) is 0.278. The number of halogens is 1. The summed E-state index contributed by atoms with van der Waals surface area (Å²) in [6.45, 7) is 3.42. The Morgan fingerprint density at radius 2 is 2.20 bits per heavy atom. The topological polar surface area (TPSA) is 43.4 Å². The summed E-state index contributed by atoms with van der Waals surface area (Å²) in [5.74, 6) is 0. The Morgan fingerprint density at radius 1 is 1.60 bits per heavy atom. The van der Waals surface area contributed by atoms with Crippen LogP contribution in [0.15, 0.2) is 24.3 Å². The van der Waals surface area contributed by atoms with E-state index in [2.05, 4.69) is 11.3 Å². The molecule has 0 aliphatic rings. The van der Waals surface area contributed by atoms with E-state index in [0.717, 1.165) is 5.41 Å². The molecule has 0 heterocycles. The van der Waals surface area contributed by atoms with E-state index in [1.54, 1.807) is 0 Å². The molecule has 10 heavy (non-hydrogen) atoms. The summed E-state index contributed by atoms with van der Waals surface area (Å²) in [4.78, 5) is 0. The van der Waals surface area contributed by atoms with E-state index in [1.807, 2.05) is 0 Å². The van der Waals surface area contributed by atoms with Gasteiger partial charge in [0.2, 0.25) is 0 Å². The van der Waals surface area contributed by atoms with E-state index in [-0.39, 0.29) is 6.61 Å². The molecule has 5 heteroatoms. The molecule has 0 rings (SSSR count). The zero-order valence-corrected chi connectivity index (χ0v) is 6.73. The smallest absolute Gasteiger partial charge is 0.254 e. The van der Waals surface area contributed by atoms with E-state index in [4.69, 9.17) is 10.7 Å². The number of ether oxygens (including phenoxy) is 1. The van der Waals surface area contributed by atoms with Crippen LogP contribution in [-0.2, 0) is 13.8 Å². The molecule has 0 aromatic rings. The Morgan fingerprint density at radius 3 is 2.60 bits per heavy atom. The van der Waals surface area contributed by atoms with Gasteiger partial charge in [0.1, 0.15) is 6.61 Å². The quantitative estimate of drug-likeness (QED) is 0.373. The zero-order valence-electron chi connectivity index (χ0n) is 5.16. The SMILES string of the molecule is C=COCC=CS(=O)(=O)Cl. The summed E-state index contributed by atoms with van der Waals surface area (Å²) in [7, 11) is 1.29. The van der Waals surface area contributed by atoms with Gasteiger partial charge in [-0.1, -0.05) is 6.58 Å². The molecule has 0 saturated heterocycles. The van der Waals surface area contributed by atoms with Crippen molar-refractivity contribution in [3.63, 3.8) is 0 Å². The molecule has 0 atom stereocenters. The molecule has 58 valence electrons. The summed E-state index contributed by atoms with van der Waals surface area (Å²) in [5, 5.41) is 0.859. The van der Waals surface area contributed by atoms with Crippen LogP contribution in [0.3, 0.4) is 0 Å². The van der Waals surface area contributed by atoms with E-state index in [9.17, 15) is 8.42 Å². The van der Waals surface area contributed by atoms with Crippen LogP contribution in [0, 0.1) is 0 Å². The van der Waals surface area contributed by atoms with Crippen molar-refractivity contribution in [2.75, 3.05) is 6.61 Å². The summed E-state index contributed by atoms with van der Waals surface area (Å²) in [6.07, 6.45) is 2.50. The largest absolute Gasteiger partial charge is 0.498 e. The first kappa shape index (κ1) is 9.52. The lowest BCUT2D eigenvalue weighted by atomic mass is 10.7. The molecule has 0 aliphatic carbocycles. The van der Waals surface area contributed by atoms with Crippen molar-refractivity contribution in [1.82, 2.24) is 0 Å². The Balaban J connectivity index is 3.68. The van der Waals surface area contributed by atoms with Crippen LogP contribution in [0.1, 0.15) is 0 Å². The van der Waals surface area contributed by atoms with Crippen LogP contribution in [-0.4, -0.2) is 15.0 Å². The van der Waals surface area contributed by atoms with Crippen LogP contribution < -0.4 is 0 Å². The molecule has 0 spiro atoms. The van der Waals surface area contributed by atoms with Crippen LogP contribution in [0.4, 0.5) is 0 Å². The van der Waals surface area contributed by atoms with Gasteiger partial charge in [-0.2, -0.15) is 0 Å². The highest BCUT2D eigenvalue weighted by atomic mass is 35.7. The standard InChI is InChI=1S/C5H7ClO3S/c1-2-9-4-3-5-10(6,7)8/h2-3,5H,1,4H2. The molecule has 0 aromatic heterocycles. The van der Waals surface area contributed by atoms with Crippen molar-refractivity contribution in [3.05, 3.63) is 24.3 Å². The van der Waals surface area contributed by atoms with Gasteiger partial charge in [-0.25, -0.2) is 8.42 Å². The molecule has 0 aliphatic heterocycles. The average Bonchev–Trinajstić information content (AvgIpc) is 1.78. The first-order valence-electron chi connectivity index (χ1n) is 2.40. The second-order valence-electron chi connectivity index (χ2n) is 1.35. The lowest BCUT2D eigenvalue weighted by Crippen LogP contribution is -1.83. The number of hydrogen-bond acceptors (Lipinski definition) is 3.